The summed E-state index contributed by atoms with van der Waals surface area (Å²) in [5.41, 5.74) is -0.857. The maximum absolute atomic E-state index is 12.4. The molecule has 0 atom stereocenters. The number of nitrogens with one attached hydrogen (secondary N) is 1. The third-order valence-corrected chi connectivity index (χ3v) is 5.44. The first-order valence-corrected chi connectivity index (χ1v) is 10.2. The van der Waals surface area contributed by atoms with Crippen LogP contribution in [-0.4, -0.2) is 54.3 Å². The zero-order chi connectivity index (χ0) is 20.6. The first kappa shape index (κ1) is 20.9. The van der Waals surface area contributed by atoms with Crippen LogP contribution in [0, 0.1) is 0 Å². The lowest BCUT2D eigenvalue weighted by molar-refractivity contribution is -0.128. The van der Waals surface area contributed by atoms with Crippen molar-refractivity contribution in [2.24, 2.45) is 0 Å². The maximum Gasteiger partial charge on any atom is 0.295 e. The smallest absolute Gasteiger partial charge is 0.295 e. The van der Waals surface area contributed by atoms with E-state index in [1.54, 1.807) is 0 Å². The number of benzene rings is 1. The molecular formula is C14H12N2O8S3. The van der Waals surface area contributed by atoms with Gasteiger partial charge in [-0.3, -0.25) is 28.9 Å². The molecule has 0 radical (unpaired) electrons. The Morgan fingerprint density at radius 3 is 2.30 bits per heavy atom. The van der Waals surface area contributed by atoms with Crippen molar-refractivity contribution in [2.45, 2.75) is 9.79 Å². The number of rotatable bonds is 5. The zero-order valence-corrected chi connectivity index (χ0v) is 15.8. The summed E-state index contributed by atoms with van der Waals surface area (Å²) in [6, 6.07) is 2.24. The van der Waals surface area contributed by atoms with E-state index in [4.69, 9.17) is 16.8 Å². The van der Waals surface area contributed by atoms with Crippen molar-refractivity contribution in [1.82, 2.24) is 10.2 Å². The summed E-state index contributed by atoms with van der Waals surface area (Å²) in [5.74, 6) is -1.76. The number of carbonyl (C=O) groups excluding carboxylic acids is 2. The van der Waals surface area contributed by atoms with Crippen molar-refractivity contribution in [1.29, 1.82) is 0 Å². The Morgan fingerprint density at radius 1 is 1.15 bits per heavy atom. The van der Waals surface area contributed by atoms with Gasteiger partial charge in [-0.1, -0.05) is 12.1 Å². The predicted molar refractivity (Wildman–Crippen MR) is 96.7 cm³/mol. The molecule has 3 N–H and O–H groups in total. The van der Waals surface area contributed by atoms with E-state index in [2.05, 4.69) is 11.9 Å². The molecule has 0 unspecified atom stereocenters. The van der Waals surface area contributed by atoms with E-state index < -0.39 is 47.4 Å². The van der Waals surface area contributed by atoms with E-state index in [0.717, 1.165) is 23.1 Å². The molecule has 0 saturated carbocycles. The van der Waals surface area contributed by atoms with Crippen molar-refractivity contribution >= 4 is 55.5 Å². The molecule has 1 fully saturated rings. The molecule has 13 heteroatoms. The van der Waals surface area contributed by atoms with Crippen LogP contribution < -0.4 is 5.32 Å². The summed E-state index contributed by atoms with van der Waals surface area (Å²) in [7, 11) is -9.71. The van der Waals surface area contributed by atoms with E-state index in [-0.39, 0.29) is 17.2 Å². The molecule has 0 aromatic heterocycles. The van der Waals surface area contributed by atoms with Gasteiger partial charge in [0.05, 0.1) is 4.90 Å². The lowest BCUT2D eigenvalue weighted by Gasteiger charge is -2.27. The first-order chi connectivity index (χ1) is 12.4. The van der Waals surface area contributed by atoms with Crippen LogP contribution >= 0.6 is 12.2 Å². The molecule has 0 bridgehead atoms. The van der Waals surface area contributed by atoms with E-state index in [1.165, 1.54) is 6.08 Å². The number of thiocarbonyl (C=S) groups is 1. The summed E-state index contributed by atoms with van der Waals surface area (Å²) >= 11 is 4.88. The number of nitrogens with zero attached hydrogens (tertiary/aromatic N) is 1. The van der Waals surface area contributed by atoms with Crippen molar-refractivity contribution < 1.29 is 35.5 Å². The van der Waals surface area contributed by atoms with Gasteiger partial charge in [-0.2, -0.15) is 16.8 Å². The molecule has 1 aliphatic heterocycles. The highest BCUT2D eigenvalue weighted by Gasteiger charge is 2.33. The normalized spacial score (nSPS) is 17.2. The van der Waals surface area contributed by atoms with Crippen LogP contribution in [0.15, 0.2) is 46.2 Å². The number of hydrogen-bond donors (Lipinski definition) is 3. The van der Waals surface area contributed by atoms with Crippen LogP contribution in [0.5, 0.6) is 0 Å². The second-order valence-electron chi connectivity index (χ2n) is 5.17. The first-order valence-electron chi connectivity index (χ1n) is 6.95. The van der Waals surface area contributed by atoms with Gasteiger partial charge in [-0.05, 0) is 36.0 Å². The quantitative estimate of drug-likeness (QED) is 0.191. The Labute approximate surface area is 159 Å². The van der Waals surface area contributed by atoms with E-state index in [9.17, 15) is 31.0 Å². The predicted octanol–water partition coefficient (Wildman–Crippen LogP) is -0.00730. The fraction of sp³-hybridized carbons (Fsp3) is 0.0714. The van der Waals surface area contributed by atoms with Gasteiger partial charge < -0.3 is 0 Å². The summed E-state index contributed by atoms with van der Waals surface area (Å²) in [6.07, 6.45) is 2.20. The summed E-state index contributed by atoms with van der Waals surface area (Å²) in [6.45, 7) is 3.43. The fourth-order valence-corrected chi connectivity index (χ4v) is 3.69. The standard InChI is InChI=1S/C14H12N2O8S3/c1-2-5-16-13(18)10(12(17)15-14(16)25)6-8-3-4-9(26(19,20)21)7-11(8)27(22,23)24/h2-4,6-7H,1,5H2,(H,15,17,25)(H,19,20,21)(H,22,23,24)/b10-6+. The van der Waals surface area contributed by atoms with E-state index in [0.29, 0.717) is 6.07 Å². The van der Waals surface area contributed by atoms with Gasteiger partial charge in [0.25, 0.3) is 32.1 Å². The van der Waals surface area contributed by atoms with Crippen molar-refractivity contribution in [3.8, 4) is 0 Å². The van der Waals surface area contributed by atoms with Gasteiger partial charge >= 0.3 is 0 Å². The largest absolute Gasteiger partial charge is 0.298 e. The van der Waals surface area contributed by atoms with Crippen LogP contribution in [0.3, 0.4) is 0 Å². The third kappa shape index (κ3) is 4.45. The second-order valence-corrected chi connectivity index (χ2v) is 8.37. The Hall–Kier alpha value is -2.45. The van der Waals surface area contributed by atoms with Crippen LogP contribution in [0.1, 0.15) is 5.56 Å². The summed E-state index contributed by atoms with van der Waals surface area (Å²) in [5, 5.41) is 2.07. The Kier molecular flexibility index (Phi) is 5.63. The lowest BCUT2D eigenvalue weighted by Crippen LogP contribution is -2.53. The van der Waals surface area contributed by atoms with Crippen molar-refractivity contribution in [3.05, 3.63) is 42.0 Å². The Balaban J connectivity index is 2.67. The molecule has 144 valence electrons. The number of carbonyl (C=O) groups is 2. The number of hydrogen-bond acceptors (Lipinski definition) is 7. The highest BCUT2D eigenvalue weighted by atomic mass is 32.2. The topological polar surface area (TPSA) is 158 Å². The number of amides is 2. The molecule has 1 aromatic rings. The van der Waals surface area contributed by atoms with Crippen molar-refractivity contribution in [3.63, 3.8) is 0 Å². The van der Waals surface area contributed by atoms with Crippen LogP contribution in [0.2, 0.25) is 0 Å². The molecule has 1 aromatic carbocycles. The molecule has 1 aliphatic rings. The molecule has 27 heavy (non-hydrogen) atoms. The molecule has 2 rings (SSSR count). The van der Waals surface area contributed by atoms with Gasteiger partial charge in [0.15, 0.2) is 5.11 Å². The molecule has 1 saturated heterocycles. The minimum atomic E-state index is -4.96. The SMILES string of the molecule is C=CCN1C(=O)/C(=C/c2ccc(S(=O)(=O)O)cc2S(=O)(=O)O)C(=O)NC1=S. The highest BCUT2D eigenvalue weighted by molar-refractivity contribution is 7.86. The van der Waals surface area contributed by atoms with Gasteiger partial charge in [0, 0.05) is 6.54 Å². The molecular weight excluding hydrogens is 420 g/mol. The zero-order valence-electron chi connectivity index (χ0n) is 13.3. The fourth-order valence-electron chi connectivity index (χ4n) is 2.16. The van der Waals surface area contributed by atoms with Gasteiger partial charge in [-0.15, -0.1) is 6.58 Å². The summed E-state index contributed by atoms with van der Waals surface area (Å²) < 4.78 is 63.9. The summed E-state index contributed by atoms with van der Waals surface area (Å²) in [4.78, 5) is 23.8. The van der Waals surface area contributed by atoms with Crippen molar-refractivity contribution in [2.75, 3.05) is 6.54 Å². The average Bonchev–Trinajstić information content (AvgIpc) is 2.53. The Bertz CT molecular complexity index is 1100. The molecule has 0 aliphatic carbocycles. The minimum Gasteiger partial charge on any atom is -0.298 e. The van der Waals surface area contributed by atoms with Crippen LogP contribution in [-0.2, 0) is 29.8 Å². The lowest BCUT2D eigenvalue weighted by atomic mass is 10.1. The van der Waals surface area contributed by atoms with Gasteiger partial charge in [-0.25, -0.2) is 0 Å². The highest BCUT2D eigenvalue weighted by Crippen LogP contribution is 2.24. The molecule has 0 spiro atoms. The third-order valence-electron chi connectivity index (χ3n) is 3.36. The average molecular weight is 432 g/mol. The molecule has 2 amide bonds. The maximum atomic E-state index is 12.4. The van der Waals surface area contributed by atoms with Crippen LogP contribution in [0.25, 0.3) is 6.08 Å². The monoisotopic (exact) mass is 432 g/mol. The Morgan fingerprint density at radius 2 is 1.78 bits per heavy atom. The molecule has 10 nitrogen and oxygen atoms in total. The van der Waals surface area contributed by atoms with Crippen LogP contribution in [0.4, 0.5) is 0 Å². The van der Waals surface area contributed by atoms with Gasteiger partial charge in [0.2, 0.25) is 0 Å². The second kappa shape index (κ2) is 7.28. The van der Waals surface area contributed by atoms with Gasteiger partial charge in [0.1, 0.15) is 10.5 Å². The van der Waals surface area contributed by atoms with E-state index in [1.807, 2.05) is 0 Å². The molecule has 1 heterocycles. The van der Waals surface area contributed by atoms with E-state index >= 15 is 0 Å². The minimum absolute atomic E-state index is 0.0257.